The lowest BCUT2D eigenvalue weighted by atomic mass is 9.72. The first-order chi connectivity index (χ1) is 29.7. The van der Waals surface area contributed by atoms with Crippen molar-refractivity contribution in [2.45, 2.75) is 50.8 Å². The summed E-state index contributed by atoms with van der Waals surface area (Å²) in [7, 11) is -4.57. The number of H-pyrrole nitrogens is 1. The van der Waals surface area contributed by atoms with E-state index < -0.39 is 31.4 Å². The molecule has 1 aliphatic carbocycles. The first-order valence-electron chi connectivity index (χ1n) is 20.9. The average Bonchev–Trinajstić information content (AvgIpc) is 3.65. The number of piperazine rings is 1. The van der Waals surface area contributed by atoms with Gasteiger partial charge in [0.05, 0.1) is 31.3 Å². The molecule has 0 unspecified atom stereocenters. The molecule has 2 saturated heterocycles. The van der Waals surface area contributed by atoms with Crippen LogP contribution in [0.25, 0.3) is 16.5 Å². The lowest BCUT2D eigenvalue weighted by Crippen LogP contribution is -2.47. The van der Waals surface area contributed by atoms with Gasteiger partial charge in [0.2, 0.25) is 0 Å². The Balaban J connectivity index is 1.02. The van der Waals surface area contributed by atoms with Crippen molar-refractivity contribution in [2.75, 3.05) is 62.7 Å². The number of nitrogens with zero attached hydrogens (tertiary/aromatic N) is 3. The van der Waals surface area contributed by atoms with Crippen LogP contribution in [0.5, 0.6) is 11.5 Å². The number of rotatable bonds is 13. The standard InChI is InChI=1S/C46H50Cl2N6O7S/c1-46(2)17-14-32(37(26-46)31-6-8-33(47)9-7-31)29-52-18-20-53(21-19-52)34-10-12-36(43(24-34)61-42-5-3-4-40-44(42)38(48)28-50-40)45(55)51-62(58,59)35-11-13-39(41(25-35)54(56)57)49-27-30-15-22-60-23-16-30/h3-13,24-25,28,30,49-50H,14-23,26-27,29H2,1-2H3,(H,51,55). The molecule has 3 N–H and O–H groups in total. The summed E-state index contributed by atoms with van der Waals surface area (Å²) < 4.78 is 41.4. The Morgan fingerprint density at radius 1 is 0.984 bits per heavy atom. The second-order valence-electron chi connectivity index (χ2n) is 17.1. The number of sulfonamides is 1. The van der Waals surface area contributed by atoms with Crippen LogP contribution < -0.4 is 19.7 Å². The average molecular weight is 902 g/mol. The minimum Gasteiger partial charge on any atom is -0.456 e. The van der Waals surface area contributed by atoms with Crippen LogP contribution in [0.2, 0.25) is 10.0 Å². The van der Waals surface area contributed by atoms with E-state index in [-0.39, 0.29) is 28.3 Å². The summed E-state index contributed by atoms with van der Waals surface area (Å²) in [6.07, 6.45) is 6.46. The van der Waals surface area contributed by atoms with Gasteiger partial charge in [0.15, 0.2) is 0 Å². The fourth-order valence-electron chi connectivity index (χ4n) is 8.61. The number of allylic oxidation sites excluding steroid dienone is 1. The Morgan fingerprint density at radius 3 is 2.48 bits per heavy atom. The number of anilines is 2. The Morgan fingerprint density at radius 2 is 1.74 bits per heavy atom. The number of carbonyl (C=O) groups excluding carboxylic acids is 1. The highest BCUT2D eigenvalue weighted by Gasteiger charge is 2.31. The second-order valence-corrected chi connectivity index (χ2v) is 19.6. The zero-order chi connectivity index (χ0) is 43.6. The highest BCUT2D eigenvalue weighted by atomic mass is 35.5. The number of amides is 1. The van der Waals surface area contributed by atoms with Crippen LogP contribution in [0.1, 0.15) is 61.9 Å². The molecular formula is C46H50Cl2N6O7S. The van der Waals surface area contributed by atoms with Crippen LogP contribution >= 0.6 is 23.2 Å². The van der Waals surface area contributed by atoms with E-state index in [1.807, 2.05) is 18.2 Å². The van der Waals surface area contributed by atoms with Gasteiger partial charge in [-0.1, -0.05) is 60.8 Å². The van der Waals surface area contributed by atoms with Crippen LogP contribution in [0, 0.1) is 21.4 Å². The van der Waals surface area contributed by atoms with Crippen LogP contribution in [0.3, 0.4) is 0 Å². The van der Waals surface area contributed by atoms with E-state index in [2.05, 4.69) is 50.8 Å². The van der Waals surface area contributed by atoms with Crippen molar-refractivity contribution in [1.29, 1.82) is 0 Å². The molecule has 326 valence electrons. The molecule has 16 heteroatoms. The van der Waals surface area contributed by atoms with Gasteiger partial charge >= 0.3 is 0 Å². The van der Waals surface area contributed by atoms with Gasteiger partial charge in [-0.15, -0.1) is 0 Å². The van der Waals surface area contributed by atoms with Crippen molar-refractivity contribution in [2.24, 2.45) is 11.3 Å². The van der Waals surface area contributed by atoms with E-state index in [0.29, 0.717) is 49.0 Å². The highest BCUT2D eigenvalue weighted by molar-refractivity contribution is 7.90. The molecule has 0 atom stereocenters. The smallest absolute Gasteiger partial charge is 0.293 e. The minimum atomic E-state index is -4.57. The number of hydrogen-bond donors (Lipinski definition) is 3. The summed E-state index contributed by atoms with van der Waals surface area (Å²) in [6, 6.07) is 22.1. The monoisotopic (exact) mass is 900 g/mol. The van der Waals surface area contributed by atoms with Gasteiger partial charge in [0, 0.05) is 81.5 Å². The predicted octanol–water partition coefficient (Wildman–Crippen LogP) is 9.92. The topological polar surface area (TPSA) is 159 Å². The maximum absolute atomic E-state index is 14.0. The lowest BCUT2D eigenvalue weighted by Gasteiger charge is -2.39. The number of fused-ring (bicyclic) bond motifs is 1. The summed E-state index contributed by atoms with van der Waals surface area (Å²) in [5, 5.41) is 16.9. The van der Waals surface area contributed by atoms with Crippen molar-refractivity contribution >= 4 is 72.7 Å². The van der Waals surface area contributed by atoms with Gasteiger partial charge in [-0.2, -0.15) is 0 Å². The number of aromatic nitrogens is 1. The van der Waals surface area contributed by atoms with Crippen LogP contribution in [-0.4, -0.2) is 81.6 Å². The molecule has 4 aromatic carbocycles. The lowest BCUT2D eigenvalue weighted by molar-refractivity contribution is -0.384. The van der Waals surface area contributed by atoms with Crippen LogP contribution in [0.15, 0.2) is 95.5 Å². The molecule has 3 heterocycles. The van der Waals surface area contributed by atoms with Gasteiger partial charge in [0.25, 0.3) is 21.6 Å². The zero-order valence-corrected chi connectivity index (χ0v) is 37.0. The van der Waals surface area contributed by atoms with Crippen LogP contribution in [0.4, 0.5) is 17.1 Å². The Labute approximate surface area is 371 Å². The largest absolute Gasteiger partial charge is 0.456 e. The number of nitrogens with one attached hydrogen (secondary N) is 3. The molecule has 0 radical (unpaired) electrons. The second kappa shape index (κ2) is 18.3. The van der Waals surface area contributed by atoms with Crippen molar-refractivity contribution in [3.63, 3.8) is 0 Å². The highest BCUT2D eigenvalue weighted by Crippen LogP contribution is 2.44. The summed E-state index contributed by atoms with van der Waals surface area (Å²) in [4.78, 5) is 32.8. The fraction of sp³-hybridized carbons (Fsp3) is 0.370. The predicted molar refractivity (Wildman–Crippen MR) is 244 cm³/mol. The molecule has 1 aromatic heterocycles. The van der Waals surface area contributed by atoms with Crippen molar-refractivity contribution in [3.8, 4) is 11.5 Å². The third-order valence-corrected chi connectivity index (χ3v) is 14.1. The molecule has 1 amide bonds. The maximum Gasteiger partial charge on any atom is 0.293 e. The zero-order valence-electron chi connectivity index (χ0n) is 34.7. The van der Waals surface area contributed by atoms with E-state index in [9.17, 15) is 23.3 Å². The number of ether oxygens (including phenoxy) is 2. The number of nitro groups is 1. The summed E-state index contributed by atoms with van der Waals surface area (Å²) in [5.41, 5.74) is 5.55. The molecule has 2 fully saturated rings. The van der Waals surface area contributed by atoms with E-state index in [4.69, 9.17) is 32.7 Å². The molecule has 0 saturated carbocycles. The van der Waals surface area contributed by atoms with Gasteiger partial charge in [-0.3, -0.25) is 19.8 Å². The summed E-state index contributed by atoms with van der Waals surface area (Å²) >= 11 is 12.8. The molecule has 8 rings (SSSR count). The number of carbonyl (C=O) groups is 1. The molecule has 2 aliphatic heterocycles. The van der Waals surface area contributed by atoms with Gasteiger partial charge in [0.1, 0.15) is 17.2 Å². The fourth-order valence-corrected chi connectivity index (χ4v) is 9.97. The van der Waals surface area contributed by atoms with Gasteiger partial charge in [-0.25, -0.2) is 13.1 Å². The van der Waals surface area contributed by atoms with Crippen molar-refractivity contribution in [3.05, 3.63) is 122 Å². The number of nitro benzene ring substituents is 1. The Hall–Kier alpha value is -5.12. The van der Waals surface area contributed by atoms with Gasteiger partial charge in [-0.05, 0) is 103 Å². The third kappa shape index (κ3) is 9.90. The summed E-state index contributed by atoms with van der Waals surface area (Å²) in [5.74, 6) is -0.213. The first kappa shape index (κ1) is 43.5. The van der Waals surface area contributed by atoms with E-state index in [1.165, 1.54) is 28.8 Å². The normalized spacial score (nSPS) is 17.6. The molecule has 3 aliphatic rings. The van der Waals surface area contributed by atoms with E-state index in [1.54, 1.807) is 36.5 Å². The third-order valence-electron chi connectivity index (χ3n) is 12.2. The number of aromatic amines is 1. The maximum atomic E-state index is 14.0. The molecule has 5 aromatic rings. The Kier molecular flexibility index (Phi) is 12.9. The van der Waals surface area contributed by atoms with Crippen molar-refractivity contribution < 1.29 is 27.6 Å². The number of benzene rings is 4. The molecule has 0 spiro atoms. The number of halogens is 2. The Bertz CT molecular complexity index is 2620. The molecule has 0 bridgehead atoms. The molecule has 62 heavy (non-hydrogen) atoms. The first-order valence-corrected chi connectivity index (χ1v) is 23.2. The van der Waals surface area contributed by atoms with Crippen LogP contribution in [-0.2, 0) is 14.8 Å². The molecular weight excluding hydrogens is 852 g/mol. The minimum absolute atomic E-state index is 0.0502. The summed E-state index contributed by atoms with van der Waals surface area (Å²) in [6.45, 7) is 10.3. The van der Waals surface area contributed by atoms with E-state index in [0.717, 1.165) is 74.0 Å². The van der Waals surface area contributed by atoms with Crippen molar-refractivity contribution in [1.82, 2.24) is 14.6 Å². The number of hydrogen-bond acceptors (Lipinski definition) is 10. The quantitative estimate of drug-likeness (QED) is 0.0767. The van der Waals surface area contributed by atoms with Gasteiger partial charge < -0.3 is 24.7 Å². The van der Waals surface area contributed by atoms with E-state index >= 15 is 0 Å². The SMILES string of the molecule is CC1(C)CCC(CN2CCN(c3ccc(C(=O)NS(=O)(=O)c4ccc(NCC5CCOCC5)c([N+](=O)[O-])c4)c(Oc4cccc5[nH]cc(Cl)c45)c3)CC2)=C(c2ccc(Cl)cc2)C1. The molecule has 13 nitrogen and oxygen atoms in total.